The number of likely N-dealkylation sites (tertiary alicyclic amines) is 1. The Morgan fingerprint density at radius 2 is 1.93 bits per heavy atom. The van der Waals surface area contributed by atoms with Crippen LogP contribution < -0.4 is 5.56 Å². The lowest BCUT2D eigenvalue weighted by Gasteiger charge is -2.31. The highest BCUT2D eigenvalue weighted by molar-refractivity contribution is 7.18. The number of hydrogen-bond acceptors (Lipinski definition) is 6. The van der Waals surface area contributed by atoms with Crippen LogP contribution in [0.1, 0.15) is 23.8 Å². The van der Waals surface area contributed by atoms with Crippen LogP contribution in [-0.2, 0) is 11.3 Å². The molecule has 0 radical (unpaired) electrons. The van der Waals surface area contributed by atoms with Crippen molar-refractivity contribution >= 4 is 50.0 Å². The molecule has 1 amide bonds. The van der Waals surface area contributed by atoms with Gasteiger partial charge in [0, 0.05) is 24.0 Å². The first-order valence-electron chi connectivity index (χ1n) is 9.75. The van der Waals surface area contributed by atoms with E-state index >= 15 is 0 Å². The average molecular weight is 440 g/mol. The molecule has 0 spiro atoms. The second kappa shape index (κ2) is 7.77. The maximum atomic E-state index is 12.7. The molecule has 0 aliphatic carbocycles. The normalized spacial score (nSPS) is 15.2. The number of carbonyl (C=O) groups excluding carboxylic acids is 1. The fourth-order valence-electron chi connectivity index (χ4n) is 3.82. The monoisotopic (exact) mass is 439 g/mol. The topological polar surface area (TPSA) is 81.0 Å². The van der Waals surface area contributed by atoms with Crippen molar-refractivity contribution in [1.29, 1.82) is 0 Å². The Hall–Kier alpha value is -2.84. The van der Waals surface area contributed by atoms with Gasteiger partial charge in [-0.1, -0.05) is 28.9 Å². The molecule has 7 nitrogen and oxygen atoms in total. The van der Waals surface area contributed by atoms with Gasteiger partial charge in [-0.2, -0.15) is 0 Å². The molecule has 0 saturated carbocycles. The van der Waals surface area contributed by atoms with Gasteiger partial charge in [-0.3, -0.25) is 9.59 Å². The van der Waals surface area contributed by atoms with E-state index in [1.165, 1.54) is 0 Å². The first kappa shape index (κ1) is 19.1. The van der Waals surface area contributed by atoms with Crippen molar-refractivity contribution in [2.45, 2.75) is 25.3 Å². The molecule has 1 saturated heterocycles. The number of benzene rings is 2. The van der Waals surface area contributed by atoms with Crippen LogP contribution in [0.5, 0.6) is 0 Å². The Kier molecular flexibility index (Phi) is 4.96. The molecular weight excluding hydrogens is 422 g/mol. The van der Waals surface area contributed by atoms with Crippen molar-refractivity contribution in [3.8, 4) is 0 Å². The number of halogens is 1. The molecule has 0 bridgehead atoms. The summed E-state index contributed by atoms with van der Waals surface area (Å²) in [6.45, 7) is 1.17. The van der Waals surface area contributed by atoms with Gasteiger partial charge < -0.3 is 4.90 Å². The molecule has 0 N–H and O–H groups in total. The van der Waals surface area contributed by atoms with E-state index in [0.717, 1.165) is 32.7 Å². The number of hydrogen-bond donors (Lipinski definition) is 0. The highest BCUT2D eigenvalue weighted by Gasteiger charge is 2.26. The van der Waals surface area contributed by atoms with Crippen LogP contribution in [-0.4, -0.2) is 43.9 Å². The number of amides is 1. The lowest BCUT2D eigenvalue weighted by molar-refractivity contribution is -0.133. The van der Waals surface area contributed by atoms with Crippen LogP contribution in [0.3, 0.4) is 0 Å². The molecule has 2 aromatic carbocycles. The summed E-state index contributed by atoms with van der Waals surface area (Å²) in [5.74, 6) is 0.213. The maximum Gasteiger partial charge on any atom is 0.278 e. The minimum Gasteiger partial charge on any atom is -0.341 e. The van der Waals surface area contributed by atoms with Gasteiger partial charge in [0.25, 0.3) is 5.56 Å². The number of thiazole rings is 1. The minimum absolute atomic E-state index is 0.0963. The summed E-state index contributed by atoms with van der Waals surface area (Å²) in [4.78, 5) is 31.9. The third-order valence-electron chi connectivity index (χ3n) is 5.48. The Labute approximate surface area is 180 Å². The van der Waals surface area contributed by atoms with Gasteiger partial charge in [0.1, 0.15) is 12.1 Å². The van der Waals surface area contributed by atoms with Crippen LogP contribution >= 0.6 is 22.9 Å². The molecule has 5 rings (SSSR count). The Balaban J connectivity index is 1.26. The molecule has 1 aliphatic heterocycles. The lowest BCUT2D eigenvalue weighted by atomic mass is 9.97. The van der Waals surface area contributed by atoms with Crippen molar-refractivity contribution in [1.82, 2.24) is 24.9 Å². The van der Waals surface area contributed by atoms with E-state index in [0.29, 0.717) is 34.9 Å². The number of carbonyl (C=O) groups is 1. The van der Waals surface area contributed by atoms with Crippen LogP contribution in [0, 0.1) is 0 Å². The van der Waals surface area contributed by atoms with Crippen molar-refractivity contribution in [2.24, 2.45) is 0 Å². The van der Waals surface area contributed by atoms with Crippen molar-refractivity contribution in [2.75, 3.05) is 13.1 Å². The minimum atomic E-state index is -0.294. The van der Waals surface area contributed by atoms with Gasteiger partial charge in [-0.05, 0) is 43.2 Å². The molecule has 30 heavy (non-hydrogen) atoms. The molecule has 3 heterocycles. The first-order chi connectivity index (χ1) is 14.6. The van der Waals surface area contributed by atoms with Crippen LogP contribution in [0.4, 0.5) is 0 Å². The largest absolute Gasteiger partial charge is 0.341 e. The fraction of sp³-hybridized carbons (Fsp3) is 0.286. The van der Waals surface area contributed by atoms with Gasteiger partial charge in [0.15, 0.2) is 0 Å². The van der Waals surface area contributed by atoms with Crippen LogP contribution in [0.25, 0.3) is 21.1 Å². The van der Waals surface area contributed by atoms with E-state index in [9.17, 15) is 9.59 Å². The predicted octanol–water partition coefficient (Wildman–Crippen LogP) is 3.46. The molecule has 1 fully saturated rings. The standard InChI is InChI=1S/C21H18ClN5O2S/c22-14-5-6-18-17(11-14)23-20(30-18)13-7-9-26(10-8-13)19(28)12-27-21(29)15-3-1-2-4-16(15)24-25-27/h1-6,11,13H,7-10,12H2. The van der Waals surface area contributed by atoms with Crippen molar-refractivity contribution in [3.05, 3.63) is 62.8 Å². The molecule has 1 aliphatic rings. The second-order valence-electron chi connectivity index (χ2n) is 7.39. The number of piperidine rings is 1. The van der Waals surface area contributed by atoms with Gasteiger partial charge >= 0.3 is 0 Å². The second-order valence-corrected chi connectivity index (χ2v) is 8.89. The van der Waals surface area contributed by atoms with Crippen LogP contribution in [0.2, 0.25) is 5.02 Å². The van der Waals surface area contributed by atoms with E-state index < -0.39 is 0 Å². The van der Waals surface area contributed by atoms with Crippen LogP contribution in [0.15, 0.2) is 47.3 Å². The van der Waals surface area contributed by atoms with E-state index in [1.54, 1.807) is 40.5 Å². The highest BCUT2D eigenvalue weighted by Crippen LogP contribution is 2.34. The van der Waals surface area contributed by atoms with E-state index in [-0.39, 0.29) is 18.0 Å². The predicted molar refractivity (Wildman–Crippen MR) is 117 cm³/mol. The first-order valence-corrected chi connectivity index (χ1v) is 10.9. The summed E-state index contributed by atoms with van der Waals surface area (Å²) in [5.41, 5.74) is 1.16. The van der Waals surface area contributed by atoms with Crippen molar-refractivity contribution < 1.29 is 4.79 Å². The quantitative estimate of drug-likeness (QED) is 0.488. The summed E-state index contributed by atoms with van der Waals surface area (Å²) in [6.07, 6.45) is 1.69. The number of rotatable bonds is 3. The number of nitrogens with zero attached hydrogens (tertiary/aromatic N) is 5. The number of aromatic nitrogens is 4. The van der Waals surface area contributed by atoms with Gasteiger partial charge in [-0.15, -0.1) is 16.4 Å². The zero-order valence-corrected chi connectivity index (χ0v) is 17.6. The third kappa shape index (κ3) is 3.57. The smallest absolute Gasteiger partial charge is 0.278 e. The molecule has 0 unspecified atom stereocenters. The zero-order chi connectivity index (χ0) is 20.7. The Morgan fingerprint density at radius 1 is 1.13 bits per heavy atom. The maximum absolute atomic E-state index is 12.7. The molecule has 152 valence electrons. The van der Waals surface area contributed by atoms with E-state index in [1.807, 2.05) is 18.2 Å². The number of fused-ring (bicyclic) bond motifs is 2. The summed E-state index contributed by atoms with van der Waals surface area (Å²) >= 11 is 7.76. The Bertz CT molecular complexity index is 1310. The SMILES string of the molecule is O=C(Cn1nnc2ccccc2c1=O)N1CCC(c2nc3cc(Cl)ccc3s2)CC1. The lowest BCUT2D eigenvalue weighted by Crippen LogP contribution is -2.41. The van der Waals surface area contributed by atoms with Gasteiger partial charge in [-0.25, -0.2) is 9.67 Å². The third-order valence-corrected chi connectivity index (χ3v) is 6.91. The molecule has 2 aromatic heterocycles. The molecule has 4 aromatic rings. The van der Waals surface area contributed by atoms with Gasteiger partial charge in [0.05, 0.1) is 20.6 Å². The molecule has 0 atom stereocenters. The summed E-state index contributed by atoms with van der Waals surface area (Å²) < 4.78 is 2.27. The van der Waals surface area contributed by atoms with Gasteiger partial charge in [0.2, 0.25) is 5.91 Å². The summed E-state index contributed by atoms with van der Waals surface area (Å²) in [5, 5.41) is 10.2. The van der Waals surface area contributed by atoms with E-state index in [2.05, 4.69) is 10.3 Å². The highest BCUT2D eigenvalue weighted by atomic mass is 35.5. The average Bonchev–Trinajstić information content (AvgIpc) is 3.19. The summed E-state index contributed by atoms with van der Waals surface area (Å²) in [6, 6.07) is 12.8. The van der Waals surface area contributed by atoms with E-state index in [4.69, 9.17) is 16.6 Å². The summed E-state index contributed by atoms with van der Waals surface area (Å²) in [7, 11) is 0. The van der Waals surface area contributed by atoms with Crippen molar-refractivity contribution in [3.63, 3.8) is 0 Å². The molecule has 9 heteroatoms. The zero-order valence-electron chi connectivity index (χ0n) is 16.0. The molecular formula is C21H18ClN5O2S. The fourth-order valence-corrected chi connectivity index (χ4v) is 5.11. The Morgan fingerprint density at radius 3 is 2.77 bits per heavy atom.